The van der Waals surface area contributed by atoms with Crippen LogP contribution in [-0.4, -0.2) is 25.0 Å². The summed E-state index contributed by atoms with van der Waals surface area (Å²) in [6.07, 6.45) is 2.52. The van der Waals surface area contributed by atoms with Crippen molar-refractivity contribution in [3.05, 3.63) is 28.2 Å². The average Bonchev–Trinajstić information content (AvgIpc) is 2.46. The Morgan fingerprint density at radius 1 is 1.40 bits per heavy atom. The third-order valence-electron chi connectivity index (χ3n) is 4.24. The SMILES string of the molecule is N#Cc1ccc(Br)cc1N1CCC2NC(=O)CCC2C1. The predicted octanol–water partition coefficient (Wildman–Crippen LogP) is 2.43. The molecule has 2 aliphatic heterocycles. The van der Waals surface area contributed by atoms with Crippen molar-refractivity contribution >= 4 is 27.5 Å². The number of carbonyl (C=O) groups excluding carboxylic acids is 1. The predicted molar refractivity (Wildman–Crippen MR) is 80.3 cm³/mol. The van der Waals surface area contributed by atoms with Gasteiger partial charge in [0.2, 0.25) is 5.91 Å². The molecule has 2 unspecified atom stereocenters. The molecule has 0 radical (unpaired) electrons. The highest BCUT2D eigenvalue weighted by molar-refractivity contribution is 9.10. The van der Waals surface area contributed by atoms with Crippen molar-refractivity contribution in [2.24, 2.45) is 5.92 Å². The Hall–Kier alpha value is -1.54. The molecule has 1 aromatic carbocycles. The molecule has 0 bridgehead atoms. The summed E-state index contributed by atoms with van der Waals surface area (Å²) in [6, 6.07) is 8.35. The van der Waals surface area contributed by atoms with Gasteiger partial charge in [-0.25, -0.2) is 0 Å². The normalized spacial score (nSPS) is 25.6. The standard InChI is InChI=1S/C15H16BrN3O/c16-12-3-1-10(8-17)14(7-12)19-6-5-13-11(9-19)2-4-15(20)18-13/h1,3,7,11,13H,2,4-6,9H2,(H,18,20). The van der Waals surface area contributed by atoms with Gasteiger partial charge in [0.25, 0.3) is 0 Å². The van der Waals surface area contributed by atoms with Gasteiger partial charge >= 0.3 is 0 Å². The molecule has 3 rings (SSSR count). The number of carbonyl (C=O) groups is 1. The van der Waals surface area contributed by atoms with E-state index in [1.165, 1.54) is 0 Å². The number of amides is 1. The molecule has 0 aliphatic carbocycles. The fourth-order valence-electron chi connectivity index (χ4n) is 3.19. The van der Waals surface area contributed by atoms with Crippen LogP contribution in [0.25, 0.3) is 0 Å². The van der Waals surface area contributed by atoms with E-state index in [-0.39, 0.29) is 5.91 Å². The zero-order chi connectivity index (χ0) is 14.1. The van der Waals surface area contributed by atoms with E-state index in [9.17, 15) is 10.1 Å². The summed E-state index contributed by atoms with van der Waals surface area (Å²) in [4.78, 5) is 13.7. The van der Waals surface area contributed by atoms with Crippen LogP contribution in [0.1, 0.15) is 24.8 Å². The molecule has 0 aromatic heterocycles. The van der Waals surface area contributed by atoms with Crippen LogP contribution in [0.4, 0.5) is 5.69 Å². The minimum absolute atomic E-state index is 0.180. The fourth-order valence-corrected chi connectivity index (χ4v) is 3.54. The second-order valence-corrected chi connectivity index (χ2v) is 6.40. The van der Waals surface area contributed by atoms with Gasteiger partial charge < -0.3 is 10.2 Å². The number of nitriles is 1. The van der Waals surface area contributed by atoms with Gasteiger partial charge in [0.05, 0.1) is 11.3 Å². The summed E-state index contributed by atoms with van der Waals surface area (Å²) < 4.78 is 0.991. The lowest BCUT2D eigenvalue weighted by Gasteiger charge is -2.42. The van der Waals surface area contributed by atoms with E-state index in [4.69, 9.17) is 0 Å². The molecule has 5 heteroatoms. The topological polar surface area (TPSA) is 56.1 Å². The lowest BCUT2D eigenvalue weighted by molar-refractivity contribution is -0.124. The van der Waals surface area contributed by atoms with Gasteiger partial charge in [-0.05, 0) is 37.0 Å². The van der Waals surface area contributed by atoms with E-state index in [1.807, 2.05) is 18.2 Å². The van der Waals surface area contributed by atoms with Crippen LogP contribution in [0.5, 0.6) is 0 Å². The van der Waals surface area contributed by atoms with Crippen LogP contribution in [-0.2, 0) is 4.79 Å². The van der Waals surface area contributed by atoms with Crippen LogP contribution in [0, 0.1) is 17.2 Å². The number of nitrogens with zero attached hydrogens (tertiary/aromatic N) is 2. The Morgan fingerprint density at radius 3 is 3.05 bits per heavy atom. The number of hydrogen-bond donors (Lipinski definition) is 1. The van der Waals surface area contributed by atoms with E-state index in [0.29, 0.717) is 23.9 Å². The Kier molecular flexibility index (Phi) is 3.66. The summed E-state index contributed by atoms with van der Waals surface area (Å²) >= 11 is 3.48. The summed E-state index contributed by atoms with van der Waals surface area (Å²) in [5.41, 5.74) is 1.71. The lowest BCUT2D eigenvalue weighted by Crippen LogP contribution is -2.54. The van der Waals surface area contributed by atoms with Crippen LogP contribution in [0.3, 0.4) is 0 Å². The first-order chi connectivity index (χ1) is 9.67. The molecule has 104 valence electrons. The molecular weight excluding hydrogens is 318 g/mol. The molecule has 0 saturated carbocycles. The zero-order valence-corrected chi connectivity index (χ0v) is 12.7. The first-order valence-corrected chi connectivity index (χ1v) is 7.70. The van der Waals surface area contributed by atoms with Gasteiger partial charge in [-0.15, -0.1) is 0 Å². The molecule has 0 spiro atoms. The van der Waals surface area contributed by atoms with Crippen LogP contribution in [0.2, 0.25) is 0 Å². The first-order valence-electron chi connectivity index (χ1n) is 6.91. The average molecular weight is 334 g/mol. The number of anilines is 1. The van der Waals surface area contributed by atoms with Crippen molar-refractivity contribution in [1.29, 1.82) is 5.26 Å². The summed E-state index contributed by atoms with van der Waals surface area (Å²) in [5, 5.41) is 12.3. The maximum atomic E-state index is 11.4. The molecule has 4 nitrogen and oxygen atoms in total. The number of hydrogen-bond acceptors (Lipinski definition) is 3. The highest BCUT2D eigenvalue weighted by Crippen LogP contribution is 2.31. The smallest absolute Gasteiger partial charge is 0.220 e. The van der Waals surface area contributed by atoms with Crippen molar-refractivity contribution in [2.75, 3.05) is 18.0 Å². The third-order valence-corrected chi connectivity index (χ3v) is 4.74. The second-order valence-electron chi connectivity index (χ2n) is 5.48. The number of nitrogens with one attached hydrogen (secondary N) is 1. The molecule has 2 fully saturated rings. The number of halogens is 1. The quantitative estimate of drug-likeness (QED) is 0.858. The lowest BCUT2D eigenvalue weighted by atomic mass is 9.85. The van der Waals surface area contributed by atoms with Gasteiger partial charge in [-0.1, -0.05) is 15.9 Å². The van der Waals surface area contributed by atoms with E-state index in [0.717, 1.165) is 36.1 Å². The number of benzene rings is 1. The minimum atomic E-state index is 0.180. The van der Waals surface area contributed by atoms with Crippen LogP contribution < -0.4 is 10.2 Å². The van der Waals surface area contributed by atoms with Gasteiger partial charge in [-0.2, -0.15) is 5.26 Å². The maximum Gasteiger partial charge on any atom is 0.220 e. The largest absolute Gasteiger partial charge is 0.370 e. The Labute approximate surface area is 126 Å². The van der Waals surface area contributed by atoms with Gasteiger partial charge in [0, 0.05) is 30.0 Å². The molecule has 2 saturated heterocycles. The molecule has 20 heavy (non-hydrogen) atoms. The summed E-state index contributed by atoms with van der Waals surface area (Å²) in [7, 11) is 0. The van der Waals surface area contributed by atoms with Crippen molar-refractivity contribution in [3.8, 4) is 6.07 Å². The zero-order valence-electron chi connectivity index (χ0n) is 11.1. The van der Waals surface area contributed by atoms with E-state index < -0.39 is 0 Å². The Bertz CT molecular complexity index is 581. The van der Waals surface area contributed by atoms with Crippen molar-refractivity contribution in [1.82, 2.24) is 5.32 Å². The molecule has 1 aromatic rings. The van der Waals surface area contributed by atoms with E-state index in [1.54, 1.807) is 0 Å². The third kappa shape index (κ3) is 2.53. The first kappa shape index (κ1) is 13.4. The number of fused-ring (bicyclic) bond motifs is 1. The Morgan fingerprint density at radius 2 is 2.25 bits per heavy atom. The molecule has 2 atom stereocenters. The highest BCUT2D eigenvalue weighted by Gasteiger charge is 2.34. The van der Waals surface area contributed by atoms with Crippen LogP contribution in [0.15, 0.2) is 22.7 Å². The molecule has 1 amide bonds. The molecule has 2 heterocycles. The van der Waals surface area contributed by atoms with E-state index >= 15 is 0 Å². The number of piperidine rings is 2. The van der Waals surface area contributed by atoms with Gasteiger partial charge in [0.15, 0.2) is 0 Å². The van der Waals surface area contributed by atoms with E-state index in [2.05, 4.69) is 32.2 Å². The maximum absolute atomic E-state index is 11.4. The molecular formula is C15H16BrN3O. The number of rotatable bonds is 1. The van der Waals surface area contributed by atoms with Gasteiger partial charge in [-0.3, -0.25) is 4.79 Å². The minimum Gasteiger partial charge on any atom is -0.370 e. The summed E-state index contributed by atoms with van der Waals surface area (Å²) in [6.45, 7) is 1.79. The monoisotopic (exact) mass is 333 g/mol. The second kappa shape index (κ2) is 5.45. The Balaban J connectivity index is 1.81. The fraction of sp³-hybridized carbons (Fsp3) is 0.467. The van der Waals surface area contributed by atoms with Crippen molar-refractivity contribution in [2.45, 2.75) is 25.3 Å². The van der Waals surface area contributed by atoms with Crippen molar-refractivity contribution < 1.29 is 4.79 Å². The highest BCUT2D eigenvalue weighted by atomic mass is 79.9. The van der Waals surface area contributed by atoms with Crippen LogP contribution >= 0.6 is 15.9 Å². The van der Waals surface area contributed by atoms with Crippen molar-refractivity contribution in [3.63, 3.8) is 0 Å². The summed E-state index contributed by atoms with van der Waals surface area (Å²) in [5.74, 6) is 0.673. The molecule has 1 N–H and O–H groups in total. The molecule has 2 aliphatic rings. The van der Waals surface area contributed by atoms with Gasteiger partial charge in [0.1, 0.15) is 6.07 Å².